The van der Waals surface area contributed by atoms with Gasteiger partial charge in [0.15, 0.2) is 5.78 Å². The third-order valence-corrected chi connectivity index (χ3v) is 1.58. The van der Waals surface area contributed by atoms with E-state index in [0.717, 1.165) is 25.0 Å². The van der Waals surface area contributed by atoms with E-state index in [1.54, 1.807) is 6.08 Å². The van der Waals surface area contributed by atoms with Gasteiger partial charge >= 0.3 is 0 Å². The molecule has 0 aromatic rings. The minimum atomic E-state index is 0.163. The van der Waals surface area contributed by atoms with Gasteiger partial charge in [-0.2, -0.15) is 0 Å². The Morgan fingerprint density at radius 1 is 1.31 bits per heavy atom. The summed E-state index contributed by atoms with van der Waals surface area (Å²) >= 11 is 0. The Morgan fingerprint density at radius 3 is 2.54 bits per heavy atom. The monoisotopic (exact) mass is 184 g/mol. The normalized spacial score (nSPS) is 9.77. The van der Waals surface area contributed by atoms with E-state index in [4.69, 9.17) is 4.74 Å². The maximum absolute atomic E-state index is 11.1. The molecule has 0 saturated heterocycles. The van der Waals surface area contributed by atoms with Crippen molar-refractivity contribution in [3.63, 3.8) is 0 Å². The van der Waals surface area contributed by atoms with E-state index < -0.39 is 0 Å². The van der Waals surface area contributed by atoms with Crippen LogP contribution in [0.4, 0.5) is 0 Å². The molecule has 0 amide bonds. The lowest BCUT2D eigenvalue weighted by atomic mass is 10.2. The van der Waals surface area contributed by atoms with Gasteiger partial charge in [-0.25, -0.2) is 0 Å². The third-order valence-electron chi connectivity index (χ3n) is 1.58. The maximum atomic E-state index is 11.1. The number of ether oxygens (including phenoxy) is 1. The Labute approximate surface area is 81.0 Å². The van der Waals surface area contributed by atoms with Crippen LogP contribution in [0.2, 0.25) is 0 Å². The van der Waals surface area contributed by atoms with Crippen molar-refractivity contribution in [2.24, 2.45) is 0 Å². The zero-order chi connectivity index (χ0) is 10.1. The Hall–Kier alpha value is -0.630. The molecule has 2 heteroatoms. The molecule has 0 spiro atoms. The average molecular weight is 184 g/mol. The van der Waals surface area contributed by atoms with Gasteiger partial charge in [0.2, 0.25) is 0 Å². The first-order valence-corrected chi connectivity index (χ1v) is 4.92. The Bertz CT molecular complexity index is 167. The Morgan fingerprint density at radius 2 is 2.00 bits per heavy atom. The molecule has 76 valence electrons. The summed E-state index contributed by atoms with van der Waals surface area (Å²) in [6, 6.07) is 0. The zero-order valence-corrected chi connectivity index (χ0v) is 8.93. The average Bonchev–Trinajstić information content (AvgIpc) is 2.02. The molecule has 0 saturated carbocycles. The van der Waals surface area contributed by atoms with E-state index in [1.807, 2.05) is 13.8 Å². The fourth-order valence-corrected chi connectivity index (χ4v) is 0.915. The number of unbranched alkanes of at least 4 members (excludes halogenated alkanes) is 1. The smallest absolute Gasteiger partial charge is 0.157 e. The number of rotatable bonds is 7. The predicted octanol–water partition coefficient (Wildman–Crippen LogP) is 2.73. The molecule has 0 aliphatic rings. The summed E-state index contributed by atoms with van der Waals surface area (Å²) in [5.74, 6) is 0.163. The zero-order valence-electron chi connectivity index (χ0n) is 8.93. The lowest BCUT2D eigenvalue weighted by Gasteiger charge is -2.00. The molecule has 0 aliphatic heterocycles. The van der Waals surface area contributed by atoms with E-state index in [9.17, 15) is 4.79 Å². The van der Waals surface area contributed by atoms with Crippen molar-refractivity contribution in [2.45, 2.75) is 40.0 Å². The first-order valence-electron chi connectivity index (χ1n) is 4.92. The summed E-state index contributed by atoms with van der Waals surface area (Å²) < 4.78 is 5.28. The van der Waals surface area contributed by atoms with Crippen LogP contribution in [0.3, 0.4) is 0 Å². The molecule has 0 aromatic heterocycles. The number of ketones is 1. The summed E-state index contributed by atoms with van der Waals surface area (Å²) in [5, 5.41) is 0. The molecular weight excluding hydrogens is 164 g/mol. The first-order chi connectivity index (χ1) is 6.16. The molecule has 0 heterocycles. The molecule has 0 aromatic carbocycles. The second kappa shape index (κ2) is 7.99. The Kier molecular flexibility index (Phi) is 7.60. The number of carbonyl (C=O) groups excluding carboxylic acids is 1. The summed E-state index contributed by atoms with van der Waals surface area (Å²) in [5.41, 5.74) is 1.05. The molecule has 0 atom stereocenters. The van der Waals surface area contributed by atoms with Crippen LogP contribution in [0.1, 0.15) is 40.0 Å². The number of allylic oxidation sites excluding steroid dienone is 2. The summed E-state index contributed by atoms with van der Waals surface area (Å²) in [6.07, 6.45) is 4.40. The molecule has 2 nitrogen and oxygen atoms in total. The lowest BCUT2D eigenvalue weighted by Crippen LogP contribution is -2.02. The Balaban J connectivity index is 3.33. The SMILES string of the molecule is CCCCOCCC(=O)C=C(C)C. The van der Waals surface area contributed by atoms with E-state index in [-0.39, 0.29) is 5.78 Å². The third kappa shape index (κ3) is 9.28. The van der Waals surface area contributed by atoms with Gasteiger partial charge in [-0.1, -0.05) is 18.9 Å². The quantitative estimate of drug-likeness (QED) is 0.449. The minimum absolute atomic E-state index is 0.163. The van der Waals surface area contributed by atoms with Crippen LogP contribution in [0.15, 0.2) is 11.6 Å². The standard InChI is InChI=1S/C11H20O2/c1-4-5-7-13-8-6-11(12)9-10(2)3/h9H,4-8H2,1-3H3. The topological polar surface area (TPSA) is 26.3 Å². The highest BCUT2D eigenvalue weighted by atomic mass is 16.5. The van der Waals surface area contributed by atoms with Gasteiger partial charge in [0.25, 0.3) is 0 Å². The van der Waals surface area contributed by atoms with Crippen LogP contribution in [0.25, 0.3) is 0 Å². The van der Waals surface area contributed by atoms with E-state index in [1.165, 1.54) is 0 Å². The van der Waals surface area contributed by atoms with Crippen LogP contribution in [0, 0.1) is 0 Å². The maximum Gasteiger partial charge on any atom is 0.157 e. The number of hydrogen-bond donors (Lipinski definition) is 0. The molecule has 0 radical (unpaired) electrons. The summed E-state index contributed by atoms with van der Waals surface area (Å²) in [4.78, 5) is 11.1. The van der Waals surface area contributed by atoms with Crippen LogP contribution in [-0.2, 0) is 9.53 Å². The van der Waals surface area contributed by atoms with Crippen molar-refractivity contribution in [1.82, 2.24) is 0 Å². The van der Waals surface area contributed by atoms with Crippen LogP contribution < -0.4 is 0 Å². The van der Waals surface area contributed by atoms with Crippen molar-refractivity contribution in [1.29, 1.82) is 0 Å². The molecule has 13 heavy (non-hydrogen) atoms. The van der Waals surface area contributed by atoms with Gasteiger partial charge in [-0.05, 0) is 26.3 Å². The summed E-state index contributed by atoms with van der Waals surface area (Å²) in [6.45, 7) is 7.31. The van der Waals surface area contributed by atoms with Crippen molar-refractivity contribution < 1.29 is 9.53 Å². The van der Waals surface area contributed by atoms with Crippen LogP contribution >= 0.6 is 0 Å². The highest BCUT2D eigenvalue weighted by Gasteiger charge is 1.96. The predicted molar refractivity (Wildman–Crippen MR) is 54.8 cm³/mol. The number of carbonyl (C=O) groups is 1. The van der Waals surface area contributed by atoms with Gasteiger partial charge < -0.3 is 4.74 Å². The van der Waals surface area contributed by atoms with Crippen LogP contribution in [0.5, 0.6) is 0 Å². The van der Waals surface area contributed by atoms with Gasteiger partial charge in [0, 0.05) is 13.0 Å². The molecule has 0 unspecified atom stereocenters. The van der Waals surface area contributed by atoms with E-state index in [0.29, 0.717) is 13.0 Å². The first kappa shape index (κ1) is 12.4. The highest BCUT2D eigenvalue weighted by molar-refractivity contribution is 5.90. The lowest BCUT2D eigenvalue weighted by molar-refractivity contribution is -0.115. The van der Waals surface area contributed by atoms with Crippen molar-refractivity contribution in [2.75, 3.05) is 13.2 Å². The van der Waals surface area contributed by atoms with Crippen molar-refractivity contribution in [3.05, 3.63) is 11.6 Å². The van der Waals surface area contributed by atoms with Gasteiger partial charge in [0.05, 0.1) is 6.61 Å². The molecule has 0 fully saturated rings. The fourth-order valence-electron chi connectivity index (χ4n) is 0.915. The molecule has 0 aliphatic carbocycles. The molecule has 0 rings (SSSR count). The van der Waals surface area contributed by atoms with Gasteiger partial charge in [-0.3, -0.25) is 4.79 Å². The van der Waals surface area contributed by atoms with E-state index in [2.05, 4.69) is 6.92 Å². The second-order valence-electron chi connectivity index (χ2n) is 3.40. The molecule has 0 N–H and O–H groups in total. The number of hydrogen-bond acceptors (Lipinski definition) is 2. The molecular formula is C11H20O2. The van der Waals surface area contributed by atoms with Gasteiger partial charge in [0.1, 0.15) is 0 Å². The second-order valence-corrected chi connectivity index (χ2v) is 3.40. The van der Waals surface area contributed by atoms with E-state index >= 15 is 0 Å². The van der Waals surface area contributed by atoms with Crippen LogP contribution in [-0.4, -0.2) is 19.0 Å². The minimum Gasteiger partial charge on any atom is -0.381 e. The fraction of sp³-hybridized carbons (Fsp3) is 0.727. The summed E-state index contributed by atoms with van der Waals surface area (Å²) in [7, 11) is 0. The largest absolute Gasteiger partial charge is 0.381 e. The van der Waals surface area contributed by atoms with Crippen molar-refractivity contribution in [3.8, 4) is 0 Å². The molecule has 0 bridgehead atoms. The highest BCUT2D eigenvalue weighted by Crippen LogP contribution is 1.95. The van der Waals surface area contributed by atoms with Gasteiger partial charge in [-0.15, -0.1) is 0 Å². The van der Waals surface area contributed by atoms with Crippen molar-refractivity contribution >= 4 is 5.78 Å².